The molecular formula is C15H15FN2O3S. The van der Waals surface area contributed by atoms with Crippen molar-refractivity contribution in [1.82, 2.24) is 5.32 Å². The molecule has 0 aromatic heterocycles. The number of rotatable bonds is 4. The molecule has 2 N–H and O–H groups in total. The Hall–Kier alpha value is -2.41. The molecule has 0 heterocycles. The van der Waals surface area contributed by atoms with Gasteiger partial charge in [-0.1, -0.05) is 18.2 Å². The molecule has 2 aromatic carbocycles. The first-order valence-electron chi connectivity index (χ1n) is 6.46. The third-order valence-corrected chi connectivity index (χ3v) is 4.57. The average molecular weight is 322 g/mol. The fourth-order valence-electron chi connectivity index (χ4n) is 1.99. The Morgan fingerprint density at radius 2 is 1.77 bits per heavy atom. The van der Waals surface area contributed by atoms with E-state index in [0.717, 1.165) is 6.07 Å². The monoisotopic (exact) mass is 322 g/mol. The number of anilines is 1. The summed E-state index contributed by atoms with van der Waals surface area (Å²) in [6.45, 7) is 1.61. The first-order chi connectivity index (χ1) is 10.4. The molecule has 0 saturated carbocycles. The van der Waals surface area contributed by atoms with Crippen LogP contribution in [0.2, 0.25) is 0 Å². The van der Waals surface area contributed by atoms with Crippen LogP contribution in [-0.2, 0) is 10.0 Å². The molecule has 1 amide bonds. The van der Waals surface area contributed by atoms with Crippen molar-refractivity contribution in [2.24, 2.45) is 0 Å². The summed E-state index contributed by atoms with van der Waals surface area (Å²) in [7, 11) is -2.59. The molecule has 0 saturated heterocycles. The molecule has 0 aliphatic heterocycles. The third-order valence-electron chi connectivity index (χ3n) is 3.18. The number of halogens is 1. The van der Waals surface area contributed by atoms with Gasteiger partial charge >= 0.3 is 0 Å². The van der Waals surface area contributed by atoms with Crippen LogP contribution in [0.3, 0.4) is 0 Å². The molecule has 0 aliphatic carbocycles. The number of hydrogen-bond acceptors (Lipinski definition) is 3. The second kappa shape index (κ2) is 6.15. The number of carbonyl (C=O) groups is 1. The van der Waals surface area contributed by atoms with Gasteiger partial charge in [-0.25, -0.2) is 12.8 Å². The largest absolute Gasteiger partial charge is 0.355 e. The van der Waals surface area contributed by atoms with Crippen LogP contribution in [0.1, 0.15) is 15.9 Å². The van der Waals surface area contributed by atoms with E-state index < -0.39 is 20.7 Å². The second-order valence-electron chi connectivity index (χ2n) is 4.59. The Kier molecular flexibility index (Phi) is 4.46. The third kappa shape index (κ3) is 3.09. The van der Waals surface area contributed by atoms with Crippen molar-refractivity contribution in [3.63, 3.8) is 0 Å². The van der Waals surface area contributed by atoms with Crippen molar-refractivity contribution in [2.75, 3.05) is 11.8 Å². The van der Waals surface area contributed by atoms with E-state index in [0.29, 0.717) is 11.1 Å². The summed E-state index contributed by atoms with van der Waals surface area (Å²) in [4.78, 5) is 11.3. The van der Waals surface area contributed by atoms with Crippen LogP contribution in [0.4, 0.5) is 10.1 Å². The molecule has 0 radical (unpaired) electrons. The summed E-state index contributed by atoms with van der Waals surface area (Å²) in [5.74, 6) is -1.17. The van der Waals surface area contributed by atoms with Gasteiger partial charge in [0.1, 0.15) is 10.7 Å². The molecule has 5 nitrogen and oxygen atoms in total. The number of sulfonamides is 1. The van der Waals surface area contributed by atoms with Gasteiger partial charge in [-0.05, 0) is 36.8 Å². The predicted molar refractivity (Wildman–Crippen MR) is 81.8 cm³/mol. The maximum absolute atomic E-state index is 13.7. The van der Waals surface area contributed by atoms with Crippen LogP contribution in [0.5, 0.6) is 0 Å². The highest BCUT2D eigenvalue weighted by atomic mass is 32.2. The zero-order valence-electron chi connectivity index (χ0n) is 12.1. The van der Waals surface area contributed by atoms with Gasteiger partial charge in [0.2, 0.25) is 0 Å². The number of amides is 1. The van der Waals surface area contributed by atoms with Crippen LogP contribution < -0.4 is 10.0 Å². The van der Waals surface area contributed by atoms with Gasteiger partial charge in [0.15, 0.2) is 0 Å². The predicted octanol–water partition coefficient (Wildman–Crippen LogP) is 2.29. The molecule has 0 fully saturated rings. The lowest BCUT2D eigenvalue weighted by atomic mass is 10.1. The first kappa shape index (κ1) is 16.0. The normalized spacial score (nSPS) is 11.0. The van der Waals surface area contributed by atoms with E-state index in [1.165, 1.54) is 31.3 Å². The number of hydrogen-bond donors (Lipinski definition) is 2. The Morgan fingerprint density at radius 3 is 2.41 bits per heavy atom. The number of carbonyl (C=O) groups excluding carboxylic acids is 1. The first-order valence-corrected chi connectivity index (χ1v) is 7.94. The van der Waals surface area contributed by atoms with Crippen LogP contribution in [0, 0.1) is 12.7 Å². The van der Waals surface area contributed by atoms with Gasteiger partial charge in [0, 0.05) is 12.6 Å². The summed E-state index contributed by atoms with van der Waals surface area (Å²) >= 11 is 0. The molecule has 0 aliphatic rings. The lowest BCUT2D eigenvalue weighted by Crippen LogP contribution is -2.20. The molecule has 7 heteroatoms. The summed E-state index contributed by atoms with van der Waals surface area (Å²) in [6.07, 6.45) is 0. The van der Waals surface area contributed by atoms with Crippen LogP contribution in [-0.4, -0.2) is 21.4 Å². The maximum atomic E-state index is 13.7. The molecule has 0 atom stereocenters. The number of benzene rings is 2. The Balaban J connectivity index is 2.43. The number of nitrogens with one attached hydrogen (secondary N) is 2. The minimum atomic E-state index is -4.07. The molecule has 22 heavy (non-hydrogen) atoms. The van der Waals surface area contributed by atoms with Crippen molar-refractivity contribution in [3.8, 4) is 0 Å². The molecule has 2 aromatic rings. The molecule has 0 bridgehead atoms. The van der Waals surface area contributed by atoms with Crippen LogP contribution >= 0.6 is 0 Å². The molecular weight excluding hydrogens is 307 g/mol. The summed E-state index contributed by atoms with van der Waals surface area (Å²) in [5.41, 5.74) is 1.03. The highest BCUT2D eigenvalue weighted by Crippen LogP contribution is 2.23. The second-order valence-corrected chi connectivity index (χ2v) is 6.24. The van der Waals surface area contributed by atoms with Gasteiger partial charge in [0.05, 0.1) is 5.69 Å². The minimum absolute atomic E-state index is 0.226. The summed E-state index contributed by atoms with van der Waals surface area (Å²) < 4.78 is 40.5. The minimum Gasteiger partial charge on any atom is -0.355 e. The fraction of sp³-hybridized carbons (Fsp3) is 0.133. The van der Waals surface area contributed by atoms with E-state index in [1.54, 1.807) is 19.1 Å². The lowest BCUT2D eigenvalue weighted by molar-refractivity contribution is 0.0962. The van der Waals surface area contributed by atoms with E-state index in [1.807, 2.05) is 0 Å². The van der Waals surface area contributed by atoms with Crippen LogP contribution in [0.15, 0.2) is 47.4 Å². The van der Waals surface area contributed by atoms with Crippen LogP contribution in [0.25, 0.3) is 0 Å². The zero-order chi connectivity index (χ0) is 16.3. The van der Waals surface area contributed by atoms with Gasteiger partial charge in [0.25, 0.3) is 15.9 Å². The van der Waals surface area contributed by atoms with Crippen molar-refractivity contribution >= 4 is 21.6 Å². The van der Waals surface area contributed by atoms with E-state index >= 15 is 0 Å². The van der Waals surface area contributed by atoms with E-state index in [2.05, 4.69) is 10.0 Å². The van der Waals surface area contributed by atoms with Crippen molar-refractivity contribution in [3.05, 3.63) is 59.4 Å². The summed E-state index contributed by atoms with van der Waals surface area (Å²) in [5, 5.41) is 2.48. The fourth-order valence-corrected chi connectivity index (χ4v) is 3.19. The van der Waals surface area contributed by atoms with Gasteiger partial charge in [-0.15, -0.1) is 0 Å². The smallest absolute Gasteiger partial charge is 0.264 e. The highest BCUT2D eigenvalue weighted by molar-refractivity contribution is 7.92. The van der Waals surface area contributed by atoms with Crippen molar-refractivity contribution in [1.29, 1.82) is 0 Å². The topological polar surface area (TPSA) is 75.3 Å². The average Bonchev–Trinajstić information content (AvgIpc) is 2.48. The zero-order valence-corrected chi connectivity index (χ0v) is 12.9. The van der Waals surface area contributed by atoms with Gasteiger partial charge < -0.3 is 5.32 Å². The van der Waals surface area contributed by atoms with E-state index in [9.17, 15) is 17.6 Å². The standard InChI is InChI=1S/C15H15FN2O3S/c1-10-11(15(19)17-2)6-5-8-13(10)18-22(20,21)14-9-4-3-7-12(14)16/h3-9,18H,1-2H3,(H,17,19). The quantitative estimate of drug-likeness (QED) is 0.907. The lowest BCUT2D eigenvalue weighted by Gasteiger charge is -2.13. The molecule has 0 unspecified atom stereocenters. The van der Waals surface area contributed by atoms with Crippen molar-refractivity contribution in [2.45, 2.75) is 11.8 Å². The van der Waals surface area contributed by atoms with Crippen molar-refractivity contribution < 1.29 is 17.6 Å². The summed E-state index contributed by atoms with van der Waals surface area (Å²) in [6, 6.07) is 9.74. The molecule has 0 spiro atoms. The Bertz CT molecular complexity index is 819. The van der Waals surface area contributed by atoms with Gasteiger partial charge in [-0.2, -0.15) is 0 Å². The van der Waals surface area contributed by atoms with Gasteiger partial charge in [-0.3, -0.25) is 9.52 Å². The van der Waals surface area contributed by atoms with E-state index in [-0.39, 0.29) is 11.6 Å². The van der Waals surface area contributed by atoms with E-state index in [4.69, 9.17) is 0 Å². The molecule has 2 rings (SSSR count). The Labute approximate surface area is 128 Å². The Morgan fingerprint density at radius 1 is 1.09 bits per heavy atom. The SMILES string of the molecule is CNC(=O)c1cccc(NS(=O)(=O)c2ccccc2F)c1C. The maximum Gasteiger partial charge on any atom is 0.264 e. The molecule has 116 valence electrons. The highest BCUT2D eigenvalue weighted by Gasteiger charge is 2.20.